The average molecular weight is 270 g/mol. The highest BCUT2D eigenvalue weighted by molar-refractivity contribution is 5.86. The number of nitrogens with zero attached hydrogens (tertiary/aromatic N) is 2. The minimum absolute atomic E-state index is 0.0770. The van der Waals surface area contributed by atoms with E-state index >= 15 is 0 Å². The third-order valence-electron chi connectivity index (χ3n) is 3.95. The Bertz CT molecular complexity index is 325. The zero-order valence-corrected chi connectivity index (χ0v) is 12.4. The van der Waals surface area contributed by atoms with Gasteiger partial charge in [0.25, 0.3) is 0 Å². The van der Waals surface area contributed by atoms with Crippen LogP contribution in [0.1, 0.15) is 40.0 Å². The predicted octanol–water partition coefficient (Wildman–Crippen LogP) is 1.43. The van der Waals surface area contributed by atoms with Crippen LogP contribution in [0.5, 0.6) is 0 Å². The average Bonchev–Trinajstić information content (AvgIpc) is 2.37. The molecule has 1 fully saturated rings. The Morgan fingerprint density at radius 1 is 1.11 bits per heavy atom. The number of likely N-dealkylation sites (N-methyl/N-ethyl adjacent to an activating group) is 1. The van der Waals surface area contributed by atoms with Crippen molar-refractivity contribution in [1.29, 1.82) is 0 Å². The normalized spacial score (nSPS) is 20.1. The van der Waals surface area contributed by atoms with E-state index in [4.69, 9.17) is 5.11 Å². The van der Waals surface area contributed by atoms with Crippen molar-refractivity contribution in [3.63, 3.8) is 0 Å². The van der Waals surface area contributed by atoms with E-state index in [1.807, 2.05) is 13.8 Å². The quantitative estimate of drug-likeness (QED) is 0.821. The molecule has 0 radical (unpaired) electrons. The first-order chi connectivity index (χ1) is 8.86. The minimum atomic E-state index is -0.961. The fourth-order valence-corrected chi connectivity index (χ4v) is 2.62. The Labute approximate surface area is 115 Å². The first-order valence-corrected chi connectivity index (χ1v) is 7.09. The molecule has 0 aromatic carbocycles. The summed E-state index contributed by atoms with van der Waals surface area (Å²) in [6.07, 6.45) is 3.46. The molecule has 1 aliphatic rings. The molecule has 2 atom stereocenters. The van der Waals surface area contributed by atoms with E-state index in [1.165, 1.54) is 11.3 Å². The van der Waals surface area contributed by atoms with E-state index < -0.39 is 12.0 Å². The summed E-state index contributed by atoms with van der Waals surface area (Å²) in [6, 6.07) is -0.981. The molecule has 1 rings (SSSR count). The van der Waals surface area contributed by atoms with Crippen LogP contribution >= 0.6 is 0 Å². The third-order valence-corrected chi connectivity index (χ3v) is 3.95. The summed E-state index contributed by atoms with van der Waals surface area (Å²) >= 11 is 0. The molecule has 0 aromatic rings. The largest absolute Gasteiger partial charge is 0.480 e. The van der Waals surface area contributed by atoms with Gasteiger partial charge in [-0.15, -0.1) is 0 Å². The van der Waals surface area contributed by atoms with Gasteiger partial charge >= 0.3 is 5.97 Å². The first kappa shape index (κ1) is 16.0. The van der Waals surface area contributed by atoms with E-state index in [0.29, 0.717) is 0 Å². The van der Waals surface area contributed by atoms with Crippen LogP contribution in [0.4, 0.5) is 0 Å². The topological polar surface area (TPSA) is 60.9 Å². The van der Waals surface area contributed by atoms with Crippen LogP contribution in [-0.2, 0) is 9.59 Å². The van der Waals surface area contributed by atoms with E-state index in [0.717, 1.165) is 25.9 Å². The maximum Gasteiger partial charge on any atom is 0.326 e. The fourth-order valence-electron chi connectivity index (χ4n) is 2.62. The molecule has 5 heteroatoms. The highest BCUT2D eigenvalue weighted by Gasteiger charge is 2.34. The molecule has 0 bridgehead atoms. The molecular formula is C14H26N2O3. The van der Waals surface area contributed by atoms with Crippen LogP contribution in [0.25, 0.3) is 0 Å². The molecular weight excluding hydrogens is 244 g/mol. The molecule has 0 aliphatic carbocycles. The van der Waals surface area contributed by atoms with E-state index in [2.05, 4.69) is 4.90 Å². The van der Waals surface area contributed by atoms with Gasteiger partial charge in [-0.3, -0.25) is 9.69 Å². The van der Waals surface area contributed by atoms with Gasteiger partial charge in [0.05, 0.1) is 6.04 Å². The fraction of sp³-hybridized carbons (Fsp3) is 0.857. The van der Waals surface area contributed by atoms with Crippen LogP contribution in [0.2, 0.25) is 0 Å². The van der Waals surface area contributed by atoms with Crippen molar-refractivity contribution in [2.24, 2.45) is 5.92 Å². The summed E-state index contributed by atoms with van der Waals surface area (Å²) in [7, 11) is 1.58. The lowest BCUT2D eigenvalue weighted by molar-refractivity contribution is -0.151. The molecule has 110 valence electrons. The number of hydrogen-bond donors (Lipinski definition) is 1. The van der Waals surface area contributed by atoms with Crippen molar-refractivity contribution in [3.8, 4) is 0 Å². The Morgan fingerprint density at radius 2 is 1.63 bits per heavy atom. The second kappa shape index (κ2) is 6.89. The van der Waals surface area contributed by atoms with Gasteiger partial charge in [0, 0.05) is 7.05 Å². The summed E-state index contributed by atoms with van der Waals surface area (Å²) in [6.45, 7) is 7.47. The van der Waals surface area contributed by atoms with E-state index in [9.17, 15) is 9.59 Å². The van der Waals surface area contributed by atoms with Crippen molar-refractivity contribution in [2.45, 2.75) is 52.1 Å². The first-order valence-electron chi connectivity index (χ1n) is 7.09. The number of hydrogen-bond acceptors (Lipinski definition) is 3. The number of aliphatic carboxylic acids is 1. The van der Waals surface area contributed by atoms with E-state index in [-0.39, 0.29) is 17.9 Å². The number of carboxylic acid groups (broad SMARTS) is 1. The van der Waals surface area contributed by atoms with Gasteiger partial charge < -0.3 is 10.0 Å². The van der Waals surface area contributed by atoms with Gasteiger partial charge in [0.2, 0.25) is 5.91 Å². The van der Waals surface area contributed by atoms with Crippen LogP contribution in [0.15, 0.2) is 0 Å². The minimum Gasteiger partial charge on any atom is -0.480 e. The summed E-state index contributed by atoms with van der Waals surface area (Å²) in [5, 5.41) is 9.02. The highest BCUT2D eigenvalue weighted by Crippen LogP contribution is 2.20. The van der Waals surface area contributed by atoms with Gasteiger partial charge in [-0.1, -0.05) is 20.3 Å². The lowest BCUT2D eigenvalue weighted by Gasteiger charge is -2.38. The number of carbonyl (C=O) groups is 2. The number of likely N-dealkylation sites (tertiary alicyclic amines) is 1. The van der Waals surface area contributed by atoms with Gasteiger partial charge in [-0.05, 0) is 38.8 Å². The number of amides is 1. The number of piperidine rings is 1. The van der Waals surface area contributed by atoms with Gasteiger partial charge in [0.15, 0.2) is 0 Å². The Kier molecular flexibility index (Phi) is 5.79. The SMILES string of the molecule is CC(C)C(C(=O)N(C)C(C)C(=O)O)N1CCCCC1. The molecule has 1 N–H and O–H groups in total. The summed E-state index contributed by atoms with van der Waals surface area (Å²) < 4.78 is 0. The molecule has 5 nitrogen and oxygen atoms in total. The molecule has 1 saturated heterocycles. The van der Waals surface area contributed by atoms with Crippen LogP contribution in [0, 0.1) is 5.92 Å². The number of carboxylic acids is 1. The van der Waals surface area contributed by atoms with Crippen LogP contribution in [-0.4, -0.2) is 59.0 Å². The maximum atomic E-state index is 12.6. The predicted molar refractivity (Wildman–Crippen MR) is 73.9 cm³/mol. The highest BCUT2D eigenvalue weighted by atomic mass is 16.4. The Balaban J connectivity index is 2.80. The summed E-state index contributed by atoms with van der Waals surface area (Å²) in [5.41, 5.74) is 0. The number of rotatable bonds is 5. The second-order valence-electron chi connectivity index (χ2n) is 5.75. The molecule has 19 heavy (non-hydrogen) atoms. The zero-order valence-electron chi connectivity index (χ0n) is 12.4. The van der Waals surface area contributed by atoms with Crippen LogP contribution < -0.4 is 0 Å². The molecule has 2 unspecified atom stereocenters. The number of carbonyl (C=O) groups excluding carboxylic acids is 1. The molecule has 0 aromatic heterocycles. The summed E-state index contributed by atoms with van der Waals surface area (Å²) in [4.78, 5) is 27.1. The Hall–Kier alpha value is -1.10. The molecule has 0 spiro atoms. The van der Waals surface area contributed by atoms with Crippen molar-refractivity contribution in [1.82, 2.24) is 9.80 Å². The lowest BCUT2D eigenvalue weighted by Crippen LogP contribution is -2.54. The van der Waals surface area contributed by atoms with Gasteiger partial charge in [-0.25, -0.2) is 4.79 Å². The standard InChI is InChI=1S/C14H26N2O3/c1-10(2)12(16-8-6-5-7-9-16)13(17)15(4)11(3)14(18)19/h10-12H,5-9H2,1-4H3,(H,18,19). The molecule has 1 aliphatic heterocycles. The smallest absolute Gasteiger partial charge is 0.326 e. The van der Waals surface area contributed by atoms with Crippen molar-refractivity contribution in [2.75, 3.05) is 20.1 Å². The van der Waals surface area contributed by atoms with Crippen molar-refractivity contribution < 1.29 is 14.7 Å². The maximum absolute atomic E-state index is 12.6. The lowest BCUT2D eigenvalue weighted by atomic mass is 9.97. The molecule has 0 saturated carbocycles. The summed E-state index contributed by atoms with van der Waals surface area (Å²) in [5.74, 6) is -0.849. The van der Waals surface area contributed by atoms with Gasteiger partial charge in [0.1, 0.15) is 6.04 Å². The molecule has 1 heterocycles. The van der Waals surface area contributed by atoms with Crippen molar-refractivity contribution in [3.05, 3.63) is 0 Å². The van der Waals surface area contributed by atoms with E-state index in [1.54, 1.807) is 14.0 Å². The second-order valence-corrected chi connectivity index (χ2v) is 5.75. The monoisotopic (exact) mass is 270 g/mol. The Morgan fingerprint density at radius 3 is 2.05 bits per heavy atom. The molecule has 1 amide bonds. The zero-order chi connectivity index (χ0) is 14.6. The van der Waals surface area contributed by atoms with Gasteiger partial charge in [-0.2, -0.15) is 0 Å². The third kappa shape index (κ3) is 3.93. The van der Waals surface area contributed by atoms with Crippen molar-refractivity contribution >= 4 is 11.9 Å². The van der Waals surface area contributed by atoms with Crippen LogP contribution in [0.3, 0.4) is 0 Å².